The van der Waals surface area contributed by atoms with Crippen molar-refractivity contribution in [1.82, 2.24) is 0 Å². The molecule has 2 heterocycles. The molecule has 0 fully saturated rings. The van der Waals surface area contributed by atoms with E-state index < -0.39 is 7.82 Å². The molecule has 1 aromatic carbocycles. The van der Waals surface area contributed by atoms with Crippen molar-refractivity contribution < 1.29 is 18.1 Å². The summed E-state index contributed by atoms with van der Waals surface area (Å²) >= 11 is 4.11. The van der Waals surface area contributed by atoms with Crippen LogP contribution in [0.3, 0.4) is 0 Å². The molecule has 12 heavy (non-hydrogen) atoms. The number of hydrogen-bond acceptors (Lipinski definition) is 5. The van der Waals surface area contributed by atoms with Crippen LogP contribution in [-0.2, 0) is 4.57 Å². The second-order valence-electron chi connectivity index (χ2n) is 2.46. The van der Waals surface area contributed by atoms with Gasteiger partial charge in [0, 0.05) is 0 Å². The van der Waals surface area contributed by atoms with Crippen LogP contribution < -0.4 is 13.6 Å². The van der Waals surface area contributed by atoms with E-state index >= 15 is 0 Å². The van der Waals surface area contributed by atoms with Gasteiger partial charge >= 0.3 is 7.82 Å². The summed E-state index contributed by atoms with van der Waals surface area (Å²) in [4.78, 5) is 0.606. The Morgan fingerprint density at radius 2 is 1.92 bits per heavy atom. The standard InChI is InChI=1S/C6H3O4PS/c7-11-8-3-1-2-4(12)6(10-11)5(3)9-11/h1-2,12H. The second-order valence-corrected chi connectivity index (χ2v) is 4.39. The quantitative estimate of drug-likeness (QED) is 0.517. The van der Waals surface area contributed by atoms with E-state index in [1.54, 1.807) is 12.1 Å². The highest BCUT2D eigenvalue weighted by Gasteiger charge is 2.50. The molecule has 0 spiro atoms. The number of rotatable bonds is 0. The molecule has 0 N–H and O–H groups in total. The van der Waals surface area contributed by atoms with Crippen molar-refractivity contribution >= 4 is 20.5 Å². The van der Waals surface area contributed by atoms with Gasteiger partial charge in [-0.05, 0) is 12.1 Å². The largest absolute Gasteiger partial charge is 0.647 e. The third-order valence-corrected chi connectivity index (χ3v) is 3.26. The zero-order valence-electron chi connectivity index (χ0n) is 5.68. The Bertz CT molecular complexity index is 430. The molecule has 2 bridgehead atoms. The summed E-state index contributed by atoms with van der Waals surface area (Å²) in [6, 6.07) is 3.36. The van der Waals surface area contributed by atoms with E-state index in [-0.39, 0.29) is 0 Å². The fourth-order valence-electron chi connectivity index (χ4n) is 1.18. The minimum Gasteiger partial charge on any atom is -0.382 e. The second kappa shape index (κ2) is 1.75. The molecule has 0 aromatic heterocycles. The summed E-state index contributed by atoms with van der Waals surface area (Å²) in [5.74, 6) is 1.30. The number of thiol groups is 1. The number of phosphoric ester groups is 1. The van der Waals surface area contributed by atoms with Crippen LogP contribution in [0.15, 0.2) is 17.0 Å². The van der Waals surface area contributed by atoms with E-state index in [4.69, 9.17) is 13.6 Å². The van der Waals surface area contributed by atoms with E-state index in [0.29, 0.717) is 22.1 Å². The molecule has 4 nitrogen and oxygen atoms in total. The van der Waals surface area contributed by atoms with E-state index in [0.717, 1.165) is 0 Å². The van der Waals surface area contributed by atoms with E-state index in [1.807, 2.05) is 0 Å². The van der Waals surface area contributed by atoms with Gasteiger partial charge in [-0.2, -0.15) is 4.57 Å². The van der Waals surface area contributed by atoms with Crippen molar-refractivity contribution in [2.45, 2.75) is 4.90 Å². The van der Waals surface area contributed by atoms with Crippen LogP contribution in [0.2, 0.25) is 0 Å². The first-order valence-corrected chi connectivity index (χ1v) is 5.13. The lowest BCUT2D eigenvalue weighted by molar-refractivity contribution is 0.352. The molecule has 62 valence electrons. The highest BCUT2D eigenvalue weighted by Crippen LogP contribution is 2.69. The number of fused-ring (bicyclic) bond motifs is 1. The van der Waals surface area contributed by atoms with E-state index in [9.17, 15) is 4.57 Å². The lowest BCUT2D eigenvalue weighted by Crippen LogP contribution is -1.97. The van der Waals surface area contributed by atoms with Gasteiger partial charge in [0.05, 0.1) is 4.90 Å². The topological polar surface area (TPSA) is 44.8 Å². The van der Waals surface area contributed by atoms with Crippen LogP contribution >= 0.6 is 20.5 Å². The Balaban J connectivity index is 2.40. The predicted octanol–water partition coefficient (Wildman–Crippen LogP) is 2.25. The van der Waals surface area contributed by atoms with Gasteiger partial charge in [0.1, 0.15) is 0 Å². The molecule has 0 saturated heterocycles. The first kappa shape index (κ1) is 6.69. The zero-order valence-corrected chi connectivity index (χ0v) is 7.47. The van der Waals surface area contributed by atoms with Gasteiger partial charge in [-0.1, -0.05) is 0 Å². The van der Waals surface area contributed by atoms with Crippen LogP contribution in [0.4, 0.5) is 0 Å². The van der Waals surface area contributed by atoms with Crippen LogP contribution in [0.5, 0.6) is 17.2 Å². The van der Waals surface area contributed by atoms with E-state index in [1.165, 1.54) is 0 Å². The van der Waals surface area contributed by atoms with Gasteiger partial charge in [0.2, 0.25) is 5.75 Å². The van der Waals surface area contributed by atoms with Gasteiger partial charge in [-0.15, -0.1) is 12.6 Å². The molecule has 1 atom stereocenters. The fraction of sp³-hybridized carbons (Fsp3) is 0. The molecule has 0 amide bonds. The third-order valence-electron chi connectivity index (χ3n) is 1.67. The maximum atomic E-state index is 11.4. The van der Waals surface area contributed by atoms with Gasteiger partial charge in [-0.3, -0.25) is 0 Å². The molecule has 0 saturated carbocycles. The van der Waals surface area contributed by atoms with Gasteiger partial charge in [-0.25, -0.2) is 0 Å². The normalized spacial score (nSPS) is 27.8. The highest BCUT2D eigenvalue weighted by molar-refractivity contribution is 7.80. The van der Waals surface area contributed by atoms with Crippen molar-refractivity contribution in [3.05, 3.63) is 12.1 Å². The molecule has 2 aliphatic rings. The number of hydrogen-bond donors (Lipinski definition) is 1. The van der Waals surface area contributed by atoms with Crippen LogP contribution in [0, 0.1) is 0 Å². The zero-order chi connectivity index (χ0) is 8.34. The molecular weight excluding hydrogens is 199 g/mol. The van der Waals surface area contributed by atoms with Crippen LogP contribution in [-0.4, -0.2) is 0 Å². The Morgan fingerprint density at radius 3 is 2.58 bits per heavy atom. The van der Waals surface area contributed by atoms with Crippen molar-refractivity contribution in [2.24, 2.45) is 0 Å². The van der Waals surface area contributed by atoms with Crippen molar-refractivity contribution in [2.75, 3.05) is 0 Å². The summed E-state index contributed by atoms with van der Waals surface area (Å²) in [6.07, 6.45) is 0. The smallest absolute Gasteiger partial charge is 0.382 e. The summed E-state index contributed by atoms with van der Waals surface area (Å²) in [7, 11) is -3.32. The lowest BCUT2D eigenvalue weighted by Gasteiger charge is -2.09. The molecule has 6 heteroatoms. The van der Waals surface area contributed by atoms with Crippen LogP contribution in [0.25, 0.3) is 0 Å². The molecule has 1 unspecified atom stereocenters. The average Bonchev–Trinajstić information content (AvgIpc) is 2.49. The van der Waals surface area contributed by atoms with Crippen LogP contribution in [0.1, 0.15) is 0 Å². The predicted molar refractivity (Wildman–Crippen MR) is 43.2 cm³/mol. The lowest BCUT2D eigenvalue weighted by atomic mass is 10.3. The fourth-order valence-corrected chi connectivity index (χ4v) is 2.77. The Kier molecular flexibility index (Phi) is 0.976. The monoisotopic (exact) mass is 202 g/mol. The summed E-state index contributed by atoms with van der Waals surface area (Å²) in [5.41, 5.74) is 0. The van der Waals surface area contributed by atoms with Crippen molar-refractivity contribution in [3.63, 3.8) is 0 Å². The van der Waals surface area contributed by atoms with Crippen molar-refractivity contribution in [1.29, 1.82) is 0 Å². The van der Waals surface area contributed by atoms with Crippen molar-refractivity contribution in [3.8, 4) is 17.2 Å². The molecule has 0 radical (unpaired) electrons. The third kappa shape index (κ3) is 0.635. The van der Waals surface area contributed by atoms with Gasteiger partial charge in [0.25, 0.3) is 0 Å². The summed E-state index contributed by atoms with van der Waals surface area (Å²) in [6.45, 7) is 0. The SMILES string of the molecule is O=P12Oc3ccc(S)c(c3O1)O2. The Labute approximate surface area is 73.5 Å². The molecule has 0 aliphatic carbocycles. The molecular formula is C6H3O4PS. The number of phosphoric acid groups is 1. The highest BCUT2D eigenvalue weighted by atomic mass is 32.1. The molecule has 2 aliphatic heterocycles. The minimum atomic E-state index is -3.32. The summed E-state index contributed by atoms with van der Waals surface area (Å²) in [5, 5.41) is 0. The maximum Gasteiger partial charge on any atom is 0.647 e. The number of benzene rings is 1. The average molecular weight is 202 g/mol. The Morgan fingerprint density at radius 1 is 1.17 bits per heavy atom. The summed E-state index contributed by atoms with van der Waals surface area (Å²) < 4.78 is 26.1. The first-order chi connectivity index (χ1) is 5.68. The van der Waals surface area contributed by atoms with Gasteiger partial charge < -0.3 is 13.6 Å². The minimum absolute atomic E-state index is 0.408. The van der Waals surface area contributed by atoms with E-state index in [2.05, 4.69) is 12.6 Å². The van der Waals surface area contributed by atoms with Gasteiger partial charge in [0.15, 0.2) is 11.5 Å². The maximum absolute atomic E-state index is 11.4. The first-order valence-electron chi connectivity index (χ1n) is 3.23. The Hall–Kier alpha value is -0.800. The molecule has 1 aromatic rings. The molecule has 3 rings (SSSR count).